The van der Waals surface area contributed by atoms with Crippen LogP contribution in [0.1, 0.15) is 41.7 Å². The number of nitrogens with zero attached hydrogens (tertiary/aromatic N) is 2. The molecule has 1 heterocycles. The number of aromatic nitrogens is 2. The van der Waals surface area contributed by atoms with E-state index in [-0.39, 0.29) is 11.1 Å². The summed E-state index contributed by atoms with van der Waals surface area (Å²) in [6.07, 6.45) is 6.63. The second-order valence-corrected chi connectivity index (χ2v) is 5.42. The van der Waals surface area contributed by atoms with E-state index in [0.29, 0.717) is 30.5 Å². The van der Waals surface area contributed by atoms with E-state index in [1.54, 1.807) is 0 Å². The van der Waals surface area contributed by atoms with Crippen LogP contribution in [0, 0.1) is 11.8 Å². The van der Waals surface area contributed by atoms with Gasteiger partial charge in [-0.2, -0.15) is 0 Å². The van der Waals surface area contributed by atoms with Gasteiger partial charge < -0.3 is 5.11 Å². The second-order valence-electron chi connectivity index (χ2n) is 5.42. The van der Waals surface area contributed by atoms with Gasteiger partial charge in [-0.3, -0.25) is 9.36 Å². The molecule has 0 saturated heterocycles. The standard InChI is InChI=1S/C13H16N2O3/c16-12-11(13(17)18)10(5-8-1-2-8)14-7-15(12)6-9-3-4-9/h7-9H,1-6H2,(H,17,18). The molecule has 2 aliphatic carbocycles. The quantitative estimate of drug-likeness (QED) is 0.852. The fourth-order valence-corrected chi connectivity index (χ4v) is 2.20. The maximum atomic E-state index is 12.1. The Hall–Kier alpha value is -1.65. The van der Waals surface area contributed by atoms with Crippen molar-refractivity contribution in [2.75, 3.05) is 0 Å². The molecule has 0 amide bonds. The molecule has 0 atom stereocenters. The predicted molar refractivity (Wildman–Crippen MR) is 64.6 cm³/mol. The summed E-state index contributed by atoms with van der Waals surface area (Å²) in [5, 5.41) is 9.20. The molecule has 5 heteroatoms. The van der Waals surface area contributed by atoms with Gasteiger partial charge in [0.05, 0.1) is 12.0 Å². The van der Waals surface area contributed by atoms with Crippen LogP contribution in [0.5, 0.6) is 0 Å². The first kappa shape index (κ1) is 11.4. The molecular weight excluding hydrogens is 232 g/mol. The highest BCUT2D eigenvalue weighted by atomic mass is 16.4. The van der Waals surface area contributed by atoms with Crippen molar-refractivity contribution in [3.63, 3.8) is 0 Å². The Balaban J connectivity index is 1.96. The first-order valence-electron chi connectivity index (χ1n) is 6.46. The van der Waals surface area contributed by atoms with Crippen molar-refractivity contribution >= 4 is 5.97 Å². The van der Waals surface area contributed by atoms with Crippen LogP contribution in [-0.2, 0) is 13.0 Å². The Kier molecular flexibility index (Phi) is 2.69. The molecule has 2 saturated carbocycles. The van der Waals surface area contributed by atoms with E-state index in [0.717, 1.165) is 25.7 Å². The number of hydrogen-bond acceptors (Lipinski definition) is 3. The van der Waals surface area contributed by atoms with E-state index in [1.165, 1.54) is 10.9 Å². The molecule has 1 N–H and O–H groups in total. The lowest BCUT2D eigenvalue weighted by molar-refractivity contribution is 0.0692. The van der Waals surface area contributed by atoms with Gasteiger partial charge in [-0.25, -0.2) is 9.78 Å². The van der Waals surface area contributed by atoms with Gasteiger partial charge in [0.1, 0.15) is 5.56 Å². The normalized spacial score (nSPS) is 18.9. The number of hydrogen-bond donors (Lipinski definition) is 1. The van der Waals surface area contributed by atoms with E-state index >= 15 is 0 Å². The summed E-state index contributed by atoms with van der Waals surface area (Å²) >= 11 is 0. The van der Waals surface area contributed by atoms with Gasteiger partial charge in [0.15, 0.2) is 0 Å². The van der Waals surface area contributed by atoms with E-state index in [9.17, 15) is 14.7 Å². The Morgan fingerprint density at radius 2 is 2.00 bits per heavy atom. The molecule has 1 aromatic rings. The van der Waals surface area contributed by atoms with Gasteiger partial charge in [-0.15, -0.1) is 0 Å². The van der Waals surface area contributed by atoms with Gasteiger partial charge in [0, 0.05) is 6.54 Å². The van der Waals surface area contributed by atoms with Gasteiger partial charge in [-0.05, 0) is 43.9 Å². The molecule has 3 rings (SSSR count). The highest BCUT2D eigenvalue weighted by Gasteiger charge is 2.28. The molecular formula is C13H16N2O3. The van der Waals surface area contributed by atoms with Gasteiger partial charge >= 0.3 is 5.97 Å². The van der Waals surface area contributed by atoms with Crippen LogP contribution in [0.3, 0.4) is 0 Å². The lowest BCUT2D eigenvalue weighted by Gasteiger charge is -2.08. The Morgan fingerprint density at radius 3 is 2.56 bits per heavy atom. The third-order valence-electron chi connectivity index (χ3n) is 3.66. The van der Waals surface area contributed by atoms with Crippen molar-refractivity contribution < 1.29 is 9.90 Å². The summed E-state index contributed by atoms with van der Waals surface area (Å²) in [7, 11) is 0. The van der Waals surface area contributed by atoms with Gasteiger partial charge in [0.2, 0.25) is 0 Å². The summed E-state index contributed by atoms with van der Waals surface area (Å²) < 4.78 is 1.46. The molecule has 2 fully saturated rings. The Labute approximate surface area is 104 Å². The molecule has 1 aromatic heterocycles. The first-order valence-corrected chi connectivity index (χ1v) is 6.46. The zero-order valence-electron chi connectivity index (χ0n) is 10.1. The molecule has 18 heavy (non-hydrogen) atoms. The average Bonchev–Trinajstić information content (AvgIpc) is 3.16. The van der Waals surface area contributed by atoms with Crippen LogP contribution >= 0.6 is 0 Å². The van der Waals surface area contributed by atoms with Crippen molar-refractivity contribution in [2.45, 2.75) is 38.6 Å². The molecule has 0 radical (unpaired) electrons. The van der Waals surface area contributed by atoms with Crippen molar-refractivity contribution in [3.8, 4) is 0 Å². The van der Waals surface area contributed by atoms with Crippen LogP contribution < -0.4 is 5.56 Å². The molecule has 5 nitrogen and oxygen atoms in total. The van der Waals surface area contributed by atoms with Crippen LogP contribution in [-0.4, -0.2) is 20.6 Å². The van der Waals surface area contributed by atoms with Crippen molar-refractivity contribution in [2.24, 2.45) is 11.8 Å². The number of carboxylic acid groups (broad SMARTS) is 1. The summed E-state index contributed by atoms with van der Waals surface area (Å²) in [4.78, 5) is 27.6. The van der Waals surface area contributed by atoms with Crippen molar-refractivity contribution in [3.05, 3.63) is 27.9 Å². The van der Waals surface area contributed by atoms with Gasteiger partial charge in [-0.1, -0.05) is 0 Å². The smallest absolute Gasteiger partial charge is 0.343 e. The van der Waals surface area contributed by atoms with Crippen molar-refractivity contribution in [1.29, 1.82) is 0 Å². The Bertz CT molecular complexity index is 542. The minimum Gasteiger partial charge on any atom is -0.477 e. The molecule has 0 bridgehead atoms. The number of aromatic carboxylic acids is 1. The summed E-state index contributed by atoms with van der Waals surface area (Å²) in [6.45, 7) is 0.607. The van der Waals surface area contributed by atoms with E-state index < -0.39 is 5.97 Å². The third-order valence-corrected chi connectivity index (χ3v) is 3.66. The molecule has 96 valence electrons. The van der Waals surface area contributed by atoms with Crippen LogP contribution in [0.4, 0.5) is 0 Å². The number of carbonyl (C=O) groups is 1. The molecule has 0 aromatic carbocycles. The monoisotopic (exact) mass is 248 g/mol. The van der Waals surface area contributed by atoms with Crippen LogP contribution in [0.25, 0.3) is 0 Å². The van der Waals surface area contributed by atoms with E-state index in [4.69, 9.17) is 0 Å². The second kappa shape index (κ2) is 4.23. The fourth-order valence-electron chi connectivity index (χ4n) is 2.20. The maximum Gasteiger partial charge on any atom is 0.343 e. The highest BCUT2D eigenvalue weighted by Crippen LogP contribution is 2.33. The predicted octanol–water partition coefficient (Wildman–Crippen LogP) is 1.30. The molecule has 0 unspecified atom stereocenters. The third kappa shape index (κ3) is 2.30. The van der Waals surface area contributed by atoms with Gasteiger partial charge in [0.25, 0.3) is 5.56 Å². The SMILES string of the molecule is O=C(O)c1c(CC2CC2)ncn(CC2CC2)c1=O. The number of carboxylic acids is 1. The minimum absolute atomic E-state index is 0.120. The lowest BCUT2D eigenvalue weighted by Crippen LogP contribution is -2.29. The highest BCUT2D eigenvalue weighted by molar-refractivity contribution is 5.88. The topological polar surface area (TPSA) is 72.2 Å². The molecule has 2 aliphatic rings. The summed E-state index contributed by atoms with van der Waals surface area (Å²) in [5.74, 6) is -0.0944. The Morgan fingerprint density at radius 1 is 1.33 bits per heavy atom. The minimum atomic E-state index is -1.15. The average molecular weight is 248 g/mol. The largest absolute Gasteiger partial charge is 0.477 e. The number of rotatable bonds is 5. The summed E-state index contributed by atoms with van der Waals surface area (Å²) in [6, 6.07) is 0. The van der Waals surface area contributed by atoms with Crippen LogP contribution in [0.15, 0.2) is 11.1 Å². The molecule has 0 spiro atoms. The van der Waals surface area contributed by atoms with Crippen LogP contribution in [0.2, 0.25) is 0 Å². The zero-order valence-corrected chi connectivity index (χ0v) is 10.1. The molecule has 0 aliphatic heterocycles. The lowest BCUT2D eigenvalue weighted by atomic mass is 10.1. The van der Waals surface area contributed by atoms with E-state index in [2.05, 4.69) is 4.98 Å². The zero-order chi connectivity index (χ0) is 12.7. The summed E-state index contributed by atoms with van der Waals surface area (Å²) in [5.41, 5.74) is -0.0489. The first-order chi connectivity index (χ1) is 8.65. The van der Waals surface area contributed by atoms with Crippen molar-refractivity contribution in [1.82, 2.24) is 9.55 Å². The van der Waals surface area contributed by atoms with E-state index in [1.807, 2.05) is 0 Å². The fraction of sp³-hybridized carbons (Fsp3) is 0.615. The maximum absolute atomic E-state index is 12.1.